The number of hydrogen-bond acceptors (Lipinski definition) is 3. The molecule has 24 heavy (non-hydrogen) atoms. The van der Waals surface area contributed by atoms with Gasteiger partial charge in [0.1, 0.15) is 0 Å². The third-order valence-electron chi connectivity index (χ3n) is 4.36. The molecule has 0 aromatic heterocycles. The summed E-state index contributed by atoms with van der Waals surface area (Å²) >= 11 is 0. The third kappa shape index (κ3) is 3.82. The van der Waals surface area contributed by atoms with Crippen molar-refractivity contribution in [3.05, 3.63) is 64.7 Å². The van der Waals surface area contributed by atoms with Crippen molar-refractivity contribution in [3.63, 3.8) is 0 Å². The van der Waals surface area contributed by atoms with Crippen molar-refractivity contribution in [2.75, 3.05) is 18.0 Å². The second kappa shape index (κ2) is 7.30. The Morgan fingerprint density at radius 2 is 1.79 bits per heavy atom. The van der Waals surface area contributed by atoms with Crippen molar-refractivity contribution in [3.8, 4) is 0 Å². The van der Waals surface area contributed by atoms with Crippen LogP contribution in [-0.2, 0) is 0 Å². The normalized spacial score (nSPS) is 14.3. The highest BCUT2D eigenvalue weighted by Crippen LogP contribution is 2.24. The van der Waals surface area contributed by atoms with Gasteiger partial charge in [0.05, 0.1) is 6.21 Å². The van der Waals surface area contributed by atoms with Crippen molar-refractivity contribution in [2.45, 2.75) is 26.7 Å². The fourth-order valence-electron chi connectivity index (χ4n) is 3.01. The summed E-state index contributed by atoms with van der Waals surface area (Å²) in [6.07, 6.45) is 4.23. The molecule has 1 fully saturated rings. The van der Waals surface area contributed by atoms with Crippen LogP contribution < -0.4 is 10.3 Å². The zero-order valence-corrected chi connectivity index (χ0v) is 14.2. The fourth-order valence-corrected chi connectivity index (χ4v) is 3.01. The zero-order chi connectivity index (χ0) is 16.9. The van der Waals surface area contributed by atoms with E-state index in [1.165, 1.54) is 24.1 Å². The van der Waals surface area contributed by atoms with Crippen molar-refractivity contribution < 1.29 is 4.79 Å². The van der Waals surface area contributed by atoms with Gasteiger partial charge in [-0.15, -0.1) is 0 Å². The number of hydrazone groups is 1. The summed E-state index contributed by atoms with van der Waals surface area (Å²) in [6, 6.07) is 13.7. The minimum Gasteiger partial charge on any atom is -0.371 e. The lowest BCUT2D eigenvalue weighted by molar-refractivity contribution is 0.0955. The molecular weight excluding hydrogens is 298 g/mol. The molecule has 0 aliphatic carbocycles. The molecule has 1 heterocycles. The number of nitrogens with one attached hydrogen (secondary N) is 1. The van der Waals surface area contributed by atoms with E-state index in [2.05, 4.69) is 34.5 Å². The highest BCUT2D eigenvalue weighted by atomic mass is 16.2. The van der Waals surface area contributed by atoms with Crippen LogP contribution in [-0.4, -0.2) is 25.2 Å². The summed E-state index contributed by atoms with van der Waals surface area (Å²) in [5, 5.41) is 4.07. The van der Waals surface area contributed by atoms with Gasteiger partial charge >= 0.3 is 0 Å². The van der Waals surface area contributed by atoms with E-state index in [4.69, 9.17) is 0 Å². The minimum absolute atomic E-state index is 0.198. The predicted molar refractivity (Wildman–Crippen MR) is 98.9 cm³/mol. The van der Waals surface area contributed by atoms with Gasteiger partial charge < -0.3 is 4.90 Å². The lowest BCUT2D eigenvalue weighted by atomic mass is 10.1. The molecule has 1 N–H and O–H groups in total. The molecule has 0 bridgehead atoms. The van der Waals surface area contributed by atoms with Gasteiger partial charge in [0, 0.05) is 24.3 Å². The molecule has 1 saturated heterocycles. The van der Waals surface area contributed by atoms with Gasteiger partial charge in [-0.3, -0.25) is 4.79 Å². The molecule has 0 atom stereocenters. The van der Waals surface area contributed by atoms with E-state index in [0.29, 0.717) is 5.56 Å². The molecule has 0 radical (unpaired) electrons. The first kappa shape index (κ1) is 16.2. The summed E-state index contributed by atoms with van der Waals surface area (Å²) in [5.41, 5.74) is 7.84. The van der Waals surface area contributed by atoms with E-state index >= 15 is 0 Å². The molecule has 3 rings (SSSR count). The summed E-state index contributed by atoms with van der Waals surface area (Å²) in [4.78, 5) is 14.4. The SMILES string of the molecule is Cc1ccc(C(=O)NN=Cc2ccc(N3CCCC3)c(C)c2)cc1. The van der Waals surface area contributed by atoms with E-state index in [9.17, 15) is 4.79 Å². The second-order valence-electron chi connectivity index (χ2n) is 6.31. The molecule has 124 valence electrons. The number of amides is 1. The number of aryl methyl sites for hydroxylation is 2. The van der Waals surface area contributed by atoms with Crippen molar-refractivity contribution >= 4 is 17.8 Å². The quantitative estimate of drug-likeness (QED) is 0.690. The maximum Gasteiger partial charge on any atom is 0.271 e. The smallest absolute Gasteiger partial charge is 0.271 e. The van der Waals surface area contributed by atoms with Crippen LogP contribution in [0.25, 0.3) is 0 Å². The van der Waals surface area contributed by atoms with Crippen LogP contribution in [0, 0.1) is 13.8 Å². The van der Waals surface area contributed by atoms with E-state index in [1.54, 1.807) is 18.3 Å². The van der Waals surface area contributed by atoms with E-state index in [-0.39, 0.29) is 5.91 Å². The van der Waals surface area contributed by atoms with Gasteiger partial charge in [-0.25, -0.2) is 5.43 Å². The molecule has 0 spiro atoms. The number of benzene rings is 2. The Balaban J connectivity index is 1.63. The maximum absolute atomic E-state index is 12.0. The summed E-state index contributed by atoms with van der Waals surface area (Å²) < 4.78 is 0. The minimum atomic E-state index is -0.198. The Morgan fingerprint density at radius 3 is 2.46 bits per heavy atom. The molecule has 1 aliphatic rings. The van der Waals surface area contributed by atoms with Gasteiger partial charge in [0.25, 0.3) is 5.91 Å². The number of rotatable bonds is 4. The number of anilines is 1. The monoisotopic (exact) mass is 321 g/mol. The topological polar surface area (TPSA) is 44.7 Å². The van der Waals surface area contributed by atoms with E-state index < -0.39 is 0 Å². The Bertz CT molecular complexity index is 744. The lowest BCUT2D eigenvalue weighted by Crippen LogP contribution is -2.19. The number of nitrogens with zero attached hydrogens (tertiary/aromatic N) is 2. The molecular formula is C20H23N3O. The Morgan fingerprint density at radius 1 is 1.08 bits per heavy atom. The van der Waals surface area contributed by atoms with Crippen LogP contribution in [0.5, 0.6) is 0 Å². The second-order valence-corrected chi connectivity index (χ2v) is 6.31. The summed E-state index contributed by atoms with van der Waals surface area (Å²) in [5.74, 6) is -0.198. The first-order chi connectivity index (χ1) is 11.6. The third-order valence-corrected chi connectivity index (χ3v) is 4.36. The van der Waals surface area contributed by atoms with Gasteiger partial charge in [0.15, 0.2) is 0 Å². The molecule has 0 saturated carbocycles. The summed E-state index contributed by atoms with van der Waals surface area (Å²) in [7, 11) is 0. The molecule has 1 amide bonds. The largest absolute Gasteiger partial charge is 0.371 e. The van der Waals surface area contributed by atoms with Crippen molar-refractivity contribution in [2.24, 2.45) is 5.10 Å². The summed E-state index contributed by atoms with van der Waals surface area (Å²) in [6.45, 7) is 6.39. The van der Waals surface area contributed by atoms with E-state index in [0.717, 1.165) is 24.2 Å². The Hall–Kier alpha value is -2.62. The highest BCUT2D eigenvalue weighted by molar-refractivity contribution is 5.94. The van der Waals surface area contributed by atoms with Crippen LogP contribution >= 0.6 is 0 Å². The number of carbonyl (C=O) groups excluding carboxylic acids is 1. The molecule has 2 aromatic carbocycles. The van der Waals surface area contributed by atoms with Crippen LogP contribution in [0.4, 0.5) is 5.69 Å². The lowest BCUT2D eigenvalue weighted by Gasteiger charge is -2.20. The first-order valence-electron chi connectivity index (χ1n) is 8.39. The Labute approximate surface area is 143 Å². The van der Waals surface area contributed by atoms with Gasteiger partial charge in [0.2, 0.25) is 0 Å². The number of carbonyl (C=O) groups is 1. The number of hydrogen-bond donors (Lipinski definition) is 1. The Kier molecular flexibility index (Phi) is 4.94. The first-order valence-corrected chi connectivity index (χ1v) is 8.39. The van der Waals surface area contributed by atoms with Crippen LogP contribution in [0.2, 0.25) is 0 Å². The standard InChI is InChI=1S/C20H23N3O/c1-15-5-8-18(9-6-15)20(24)22-21-14-17-7-10-19(16(2)13-17)23-11-3-4-12-23/h5-10,13-14H,3-4,11-12H2,1-2H3,(H,22,24). The van der Waals surface area contributed by atoms with Gasteiger partial charge in [-0.2, -0.15) is 5.10 Å². The van der Waals surface area contributed by atoms with Crippen LogP contribution in [0.3, 0.4) is 0 Å². The average Bonchev–Trinajstić information content (AvgIpc) is 3.10. The van der Waals surface area contributed by atoms with Gasteiger partial charge in [-0.05, 0) is 62.1 Å². The molecule has 2 aromatic rings. The molecule has 4 nitrogen and oxygen atoms in total. The van der Waals surface area contributed by atoms with E-state index in [1.807, 2.05) is 25.1 Å². The van der Waals surface area contributed by atoms with Crippen molar-refractivity contribution in [1.29, 1.82) is 0 Å². The fraction of sp³-hybridized carbons (Fsp3) is 0.300. The highest BCUT2D eigenvalue weighted by Gasteiger charge is 2.14. The maximum atomic E-state index is 12.0. The van der Waals surface area contributed by atoms with Crippen LogP contribution in [0.1, 0.15) is 39.9 Å². The zero-order valence-electron chi connectivity index (χ0n) is 14.2. The average molecular weight is 321 g/mol. The molecule has 4 heteroatoms. The predicted octanol–water partition coefficient (Wildman–Crippen LogP) is 3.67. The molecule has 0 unspecified atom stereocenters. The van der Waals surface area contributed by atoms with Crippen LogP contribution in [0.15, 0.2) is 47.6 Å². The van der Waals surface area contributed by atoms with Gasteiger partial charge in [-0.1, -0.05) is 23.8 Å². The molecule has 1 aliphatic heterocycles. The van der Waals surface area contributed by atoms with Crippen molar-refractivity contribution in [1.82, 2.24) is 5.43 Å².